The largest absolute Gasteiger partial charge is 0.489 e. The number of nitro groups is 1. The third-order valence-corrected chi connectivity index (χ3v) is 4.14. The van der Waals surface area contributed by atoms with Crippen molar-refractivity contribution in [1.82, 2.24) is 4.57 Å². The van der Waals surface area contributed by atoms with Crippen molar-refractivity contribution in [2.45, 2.75) is 53.0 Å². The summed E-state index contributed by atoms with van der Waals surface area (Å²) in [5.74, 6) is -0.680. The SMILES string of the molecule is CCCCCCn1c(=O)c(OC(C)=O)c(OCC)c2ccc([N+](=O)[O-])cc21. The first-order valence-electron chi connectivity index (χ1n) is 9.06. The molecule has 0 bridgehead atoms. The van der Waals surface area contributed by atoms with Gasteiger partial charge in [-0.3, -0.25) is 19.7 Å². The number of pyridine rings is 1. The van der Waals surface area contributed by atoms with Crippen LogP contribution in [0.25, 0.3) is 10.9 Å². The van der Waals surface area contributed by atoms with Crippen molar-refractivity contribution in [1.29, 1.82) is 0 Å². The maximum atomic E-state index is 13.0. The van der Waals surface area contributed by atoms with Gasteiger partial charge in [-0.15, -0.1) is 0 Å². The van der Waals surface area contributed by atoms with Gasteiger partial charge in [0.2, 0.25) is 5.75 Å². The molecule has 0 N–H and O–H groups in total. The second-order valence-electron chi connectivity index (χ2n) is 6.16. The number of hydrogen-bond acceptors (Lipinski definition) is 6. The number of rotatable bonds is 9. The first-order valence-corrected chi connectivity index (χ1v) is 9.06. The summed E-state index contributed by atoms with van der Waals surface area (Å²) in [5, 5.41) is 11.7. The predicted octanol–water partition coefficient (Wildman–Crippen LogP) is 3.81. The molecule has 1 heterocycles. The smallest absolute Gasteiger partial charge is 0.308 e. The van der Waals surface area contributed by atoms with Gasteiger partial charge in [0.15, 0.2) is 5.75 Å². The van der Waals surface area contributed by atoms with Crippen molar-refractivity contribution in [2.75, 3.05) is 6.61 Å². The number of nitro benzene ring substituents is 1. The molecular weight excluding hydrogens is 352 g/mol. The molecule has 2 aromatic rings. The molecule has 0 aliphatic heterocycles. The lowest BCUT2D eigenvalue weighted by molar-refractivity contribution is -0.384. The van der Waals surface area contributed by atoms with Gasteiger partial charge < -0.3 is 14.0 Å². The summed E-state index contributed by atoms with van der Waals surface area (Å²) < 4.78 is 12.2. The quantitative estimate of drug-likeness (QED) is 0.285. The molecule has 8 nitrogen and oxygen atoms in total. The highest BCUT2D eigenvalue weighted by atomic mass is 16.6. The van der Waals surface area contributed by atoms with Gasteiger partial charge in [-0.05, 0) is 19.4 Å². The van der Waals surface area contributed by atoms with Crippen LogP contribution in [0.5, 0.6) is 11.5 Å². The zero-order valence-electron chi connectivity index (χ0n) is 15.8. The van der Waals surface area contributed by atoms with Crippen LogP contribution in [0.4, 0.5) is 5.69 Å². The Kier molecular flexibility index (Phi) is 6.92. The number of aromatic nitrogens is 1. The van der Waals surface area contributed by atoms with E-state index in [0.717, 1.165) is 25.7 Å². The fourth-order valence-electron chi connectivity index (χ4n) is 2.94. The lowest BCUT2D eigenvalue weighted by atomic mass is 10.1. The standard InChI is InChI=1S/C19H24N2O6/c1-4-6-7-8-11-20-16-12-14(21(24)25)9-10-15(16)17(26-5-2)18(19(20)23)27-13(3)22/h9-10,12H,4-8,11H2,1-3H3. The molecule has 1 aromatic carbocycles. The van der Waals surface area contributed by atoms with Crippen LogP contribution >= 0.6 is 0 Å². The molecule has 0 amide bonds. The van der Waals surface area contributed by atoms with E-state index < -0.39 is 16.5 Å². The maximum absolute atomic E-state index is 13.0. The average Bonchev–Trinajstić information content (AvgIpc) is 2.63. The molecule has 2 rings (SSSR count). The summed E-state index contributed by atoms with van der Waals surface area (Å²) in [6, 6.07) is 4.22. The molecule has 0 fully saturated rings. The highest BCUT2D eigenvalue weighted by molar-refractivity contribution is 5.90. The molecule has 1 aromatic heterocycles. The van der Waals surface area contributed by atoms with E-state index in [0.29, 0.717) is 17.4 Å². The average molecular weight is 376 g/mol. The lowest BCUT2D eigenvalue weighted by Crippen LogP contribution is -2.25. The molecular formula is C19H24N2O6. The number of ether oxygens (including phenoxy) is 2. The van der Waals surface area contributed by atoms with Crippen LogP contribution in [0.15, 0.2) is 23.0 Å². The van der Waals surface area contributed by atoms with Gasteiger partial charge in [0, 0.05) is 31.0 Å². The van der Waals surface area contributed by atoms with E-state index in [1.54, 1.807) is 6.92 Å². The zero-order valence-corrected chi connectivity index (χ0v) is 15.8. The van der Waals surface area contributed by atoms with Crippen LogP contribution in [0.3, 0.4) is 0 Å². The van der Waals surface area contributed by atoms with Gasteiger partial charge in [-0.25, -0.2) is 0 Å². The summed E-state index contributed by atoms with van der Waals surface area (Å²) in [6.07, 6.45) is 3.73. The van der Waals surface area contributed by atoms with E-state index >= 15 is 0 Å². The van der Waals surface area contributed by atoms with Gasteiger partial charge in [0.1, 0.15) is 0 Å². The van der Waals surface area contributed by atoms with Gasteiger partial charge >= 0.3 is 5.97 Å². The fourth-order valence-corrected chi connectivity index (χ4v) is 2.94. The van der Waals surface area contributed by atoms with Crippen molar-refractivity contribution in [3.05, 3.63) is 38.7 Å². The first kappa shape index (κ1) is 20.4. The molecule has 0 atom stereocenters. The van der Waals surface area contributed by atoms with Gasteiger partial charge in [-0.1, -0.05) is 26.2 Å². The Hall–Kier alpha value is -2.90. The third-order valence-electron chi connectivity index (χ3n) is 4.14. The fraction of sp³-hybridized carbons (Fsp3) is 0.474. The van der Waals surface area contributed by atoms with Gasteiger partial charge in [-0.2, -0.15) is 0 Å². The number of hydrogen-bond donors (Lipinski definition) is 0. The highest BCUT2D eigenvalue weighted by Gasteiger charge is 2.22. The minimum Gasteiger partial charge on any atom is -0.489 e. The Morgan fingerprint density at radius 3 is 2.52 bits per heavy atom. The molecule has 0 unspecified atom stereocenters. The summed E-state index contributed by atoms with van der Waals surface area (Å²) in [4.78, 5) is 35.2. The lowest BCUT2D eigenvalue weighted by Gasteiger charge is -2.17. The molecule has 0 aliphatic carbocycles. The van der Waals surface area contributed by atoms with Crippen LogP contribution in [0, 0.1) is 10.1 Å². The second-order valence-corrected chi connectivity index (χ2v) is 6.16. The Morgan fingerprint density at radius 2 is 1.93 bits per heavy atom. The molecule has 27 heavy (non-hydrogen) atoms. The van der Waals surface area contributed by atoms with E-state index in [9.17, 15) is 19.7 Å². The Labute approximate surface area is 156 Å². The molecule has 0 saturated carbocycles. The number of nitrogens with zero attached hydrogens (tertiary/aromatic N) is 2. The monoisotopic (exact) mass is 376 g/mol. The van der Waals surface area contributed by atoms with Crippen molar-refractivity contribution in [2.24, 2.45) is 0 Å². The number of esters is 1. The van der Waals surface area contributed by atoms with E-state index in [-0.39, 0.29) is 23.8 Å². The van der Waals surface area contributed by atoms with Gasteiger partial charge in [0.05, 0.1) is 17.0 Å². The number of aryl methyl sites for hydroxylation is 1. The number of non-ortho nitro benzene ring substituents is 1. The van der Waals surface area contributed by atoms with E-state index in [4.69, 9.17) is 9.47 Å². The summed E-state index contributed by atoms with van der Waals surface area (Å²) in [7, 11) is 0. The van der Waals surface area contributed by atoms with Crippen LogP contribution < -0.4 is 15.0 Å². The Morgan fingerprint density at radius 1 is 1.19 bits per heavy atom. The maximum Gasteiger partial charge on any atom is 0.308 e. The summed E-state index contributed by atoms with van der Waals surface area (Å²) in [5.41, 5.74) is -0.255. The van der Waals surface area contributed by atoms with Crippen LogP contribution in [-0.4, -0.2) is 22.1 Å². The van der Waals surface area contributed by atoms with E-state index in [2.05, 4.69) is 6.92 Å². The summed E-state index contributed by atoms with van der Waals surface area (Å²) in [6.45, 7) is 5.66. The number of benzene rings is 1. The Bertz CT molecular complexity index is 903. The van der Waals surface area contributed by atoms with E-state index in [1.165, 1.54) is 29.7 Å². The van der Waals surface area contributed by atoms with Gasteiger partial charge in [0.25, 0.3) is 11.2 Å². The predicted molar refractivity (Wildman–Crippen MR) is 101 cm³/mol. The minimum absolute atomic E-state index is 0.119. The minimum atomic E-state index is -0.633. The number of carbonyl (C=O) groups excluding carboxylic acids is 1. The normalized spacial score (nSPS) is 10.8. The number of fused-ring (bicyclic) bond motifs is 1. The van der Waals surface area contributed by atoms with Crippen LogP contribution in [0.2, 0.25) is 0 Å². The Balaban J connectivity index is 2.72. The zero-order chi connectivity index (χ0) is 20.0. The van der Waals surface area contributed by atoms with Crippen LogP contribution in [0.1, 0.15) is 46.5 Å². The molecule has 0 saturated heterocycles. The second kappa shape index (κ2) is 9.16. The van der Waals surface area contributed by atoms with E-state index in [1.807, 2.05) is 0 Å². The van der Waals surface area contributed by atoms with Crippen molar-refractivity contribution in [3.8, 4) is 11.5 Å². The molecule has 0 radical (unpaired) electrons. The molecule has 0 spiro atoms. The summed E-state index contributed by atoms with van der Waals surface area (Å²) >= 11 is 0. The highest BCUT2D eigenvalue weighted by Crippen LogP contribution is 2.35. The van der Waals surface area contributed by atoms with Crippen LogP contribution in [-0.2, 0) is 11.3 Å². The topological polar surface area (TPSA) is 101 Å². The number of carbonyl (C=O) groups is 1. The number of unbranched alkanes of at least 4 members (excludes halogenated alkanes) is 3. The van der Waals surface area contributed by atoms with Crippen molar-refractivity contribution in [3.63, 3.8) is 0 Å². The molecule has 8 heteroatoms. The van der Waals surface area contributed by atoms with Crippen molar-refractivity contribution >= 4 is 22.6 Å². The first-order chi connectivity index (χ1) is 12.9. The van der Waals surface area contributed by atoms with Crippen molar-refractivity contribution < 1.29 is 19.2 Å². The third kappa shape index (κ3) is 4.64. The molecule has 0 aliphatic rings. The molecule has 146 valence electrons.